The minimum absolute atomic E-state index is 0.0658. The monoisotopic (exact) mass is 539 g/mol. The highest BCUT2D eigenvalue weighted by Crippen LogP contribution is 2.27. The Morgan fingerprint density at radius 1 is 0.973 bits per heavy atom. The Kier molecular flexibility index (Phi) is 8.87. The normalized spacial score (nSPS) is 14.6. The van der Waals surface area contributed by atoms with E-state index in [2.05, 4.69) is 29.2 Å². The van der Waals surface area contributed by atoms with E-state index in [0.717, 1.165) is 16.4 Å². The molecule has 0 radical (unpaired) electrons. The smallest absolute Gasteiger partial charge is 0.264 e. The molecular weight excluding hydrogens is 510 g/mol. The molecule has 0 bridgehead atoms. The van der Waals surface area contributed by atoms with Crippen molar-refractivity contribution in [3.63, 3.8) is 0 Å². The number of hydrogen-bond acceptors (Lipinski definition) is 5. The molecule has 37 heavy (non-hydrogen) atoms. The van der Waals surface area contributed by atoms with E-state index in [9.17, 15) is 13.2 Å². The quantitative estimate of drug-likeness (QED) is 0.403. The summed E-state index contributed by atoms with van der Waals surface area (Å²) in [6, 6.07) is 22.7. The first-order valence-electron chi connectivity index (χ1n) is 12.0. The van der Waals surface area contributed by atoms with Gasteiger partial charge in [0.1, 0.15) is 12.3 Å². The number of ether oxygens (including phenoxy) is 1. The molecule has 1 aliphatic heterocycles. The number of nitrogens with zero attached hydrogens (tertiary/aromatic N) is 3. The second-order valence-corrected chi connectivity index (χ2v) is 11.0. The van der Waals surface area contributed by atoms with Gasteiger partial charge in [0.05, 0.1) is 17.7 Å². The van der Waals surface area contributed by atoms with E-state index in [1.165, 1.54) is 19.2 Å². The molecule has 0 unspecified atom stereocenters. The van der Waals surface area contributed by atoms with E-state index < -0.39 is 10.0 Å². The lowest BCUT2D eigenvalue weighted by atomic mass is 10.2. The van der Waals surface area contributed by atoms with Gasteiger partial charge in [-0.15, -0.1) is 0 Å². The first-order chi connectivity index (χ1) is 17.9. The van der Waals surface area contributed by atoms with Crippen molar-refractivity contribution in [2.45, 2.75) is 4.90 Å². The van der Waals surface area contributed by atoms with Crippen molar-refractivity contribution in [2.75, 3.05) is 50.7 Å². The van der Waals surface area contributed by atoms with E-state index >= 15 is 0 Å². The molecule has 0 spiro atoms. The fraction of sp³-hybridized carbons (Fsp3) is 0.250. The predicted molar refractivity (Wildman–Crippen MR) is 147 cm³/mol. The zero-order chi connectivity index (χ0) is 26.3. The molecule has 0 N–H and O–H groups in total. The van der Waals surface area contributed by atoms with Gasteiger partial charge < -0.3 is 9.64 Å². The van der Waals surface area contributed by atoms with Crippen LogP contribution >= 0.6 is 11.6 Å². The molecule has 1 fully saturated rings. The Morgan fingerprint density at radius 2 is 1.68 bits per heavy atom. The van der Waals surface area contributed by atoms with Gasteiger partial charge >= 0.3 is 0 Å². The van der Waals surface area contributed by atoms with Gasteiger partial charge in [-0.25, -0.2) is 8.42 Å². The van der Waals surface area contributed by atoms with Crippen LogP contribution in [0.2, 0.25) is 5.02 Å². The Balaban J connectivity index is 1.44. The number of piperazine rings is 1. The van der Waals surface area contributed by atoms with Crippen LogP contribution in [0.15, 0.2) is 89.8 Å². The highest BCUT2D eigenvalue weighted by atomic mass is 35.5. The minimum atomic E-state index is -4.03. The first kappa shape index (κ1) is 26.7. The molecule has 0 saturated carbocycles. The predicted octanol–water partition coefficient (Wildman–Crippen LogP) is 4.40. The van der Waals surface area contributed by atoms with Crippen LogP contribution < -0.4 is 9.04 Å². The van der Waals surface area contributed by atoms with Crippen LogP contribution in [-0.2, 0) is 14.8 Å². The van der Waals surface area contributed by atoms with Gasteiger partial charge in [-0.2, -0.15) is 0 Å². The van der Waals surface area contributed by atoms with Crippen molar-refractivity contribution in [2.24, 2.45) is 0 Å². The van der Waals surface area contributed by atoms with E-state index in [4.69, 9.17) is 16.3 Å². The number of methoxy groups -OCH3 is 1. The van der Waals surface area contributed by atoms with Crippen LogP contribution in [0.5, 0.6) is 5.75 Å². The average molecular weight is 540 g/mol. The summed E-state index contributed by atoms with van der Waals surface area (Å²) in [6.07, 6.45) is 4.21. The molecule has 9 heteroatoms. The van der Waals surface area contributed by atoms with Crippen LogP contribution in [0, 0.1) is 0 Å². The maximum absolute atomic E-state index is 13.6. The number of rotatable bonds is 9. The van der Waals surface area contributed by atoms with Crippen LogP contribution in [0.25, 0.3) is 6.08 Å². The molecule has 4 rings (SSSR count). The van der Waals surface area contributed by atoms with Crippen molar-refractivity contribution in [1.29, 1.82) is 0 Å². The van der Waals surface area contributed by atoms with Crippen molar-refractivity contribution in [1.82, 2.24) is 9.80 Å². The molecule has 1 amide bonds. The average Bonchev–Trinajstić information content (AvgIpc) is 2.92. The summed E-state index contributed by atoms with van der Waals surface area (Å²) in [4.78, 5) is 17.3. The molecule has 0 aromatic heterocycles. The van der Waals surface area contributed by atoms with Gasteiger partial charge in [-0.05, 0) is 48.0 Å². The largest absolute Gasteiger partial charge is 0.497 e. The lowest BCUT2D eigenvalue weighted by Gasteiger charge is -2.35. The van der Waals surface area contributed by atoms with E-state index in [1.807, 2.05) is 18.2 Å². The number of carbonyl (C=O) groups excluding carboxylic acids is 1. The standard InChI is InChI=1S/C28H30ClN3O4S/c1-36-26-12-14-27(15-13-26)37(34,35)32(25-11-5-10-24(29)21-25)22-28(33)31-19-17-30(18-20-31)16-6-9-23-7-3-2-4-8-23/h2-15,21H,16-20,22H2,1H3/b9-6+. The molecule has 0 aliphatic carbocycles. The van der Waals surface area contributed by atoms with Gasteiger partial charge in [0.2, 0.25) is 5.91 Å². The molecular formula is C28H30ClN3O4S. The Hall–Kier alpha value is -3.33. The summed E-state index contributed by atoms with van der Waals surface area (Å²) in [7, 11) is -2.51. The second kappa shape index (κ2) is 12.3. The molecule has 3 aromatic carbocycles. The molecule has 0 atom stereocenters. The van der Waals surface area contributed by atoms with Crippen LogP contribution in [0.4, 0.5) is 5.69 Å². The van der Waals surface area contributed by atoms with E-state index in [-0.39, 0.29) is 17.3 Å². The van der Waals surface area contributed by atoms with Crippen LogP contribution in [0.1, 0.15) is 5.56 Å². The summed E-state index contributed by atoms with van der Waals surface area (Å²) < 4.78 is 33.5. The third kappa shape index (κ3) is 6.91. The summed E-state index contributed by atoms with van der Waals surface area (Å²) >= 11 is 6.16. The molecule has 7 nitrogen and oxygen atoms in total. The van der Waals surface area contributed by atoms with E-state index in [1.54, 1.807) is 41.3 Å². The fourth-order valence-corrected chi connectivity index (χ4v) is 5.72. The number of halogens is 1. The zero-order valence-electron chi connectivity index (χ0n) is 20.7. The number of hydrogen-bond donors (Lipinski definition) is 0. The van der Waals surface area contributed by atoms with Gasteiger partial charge in [0.15, 0.2) is 0 Å². The van der Waals surface area contributed by atoms with Gasteiger partial charge in [-0.3, -0.25) is 14.0 Å². The van der Waals surface area contributed by atoms with Crippen molar-refractivity contribution in [3.8, 4) is 5.75 Å². The lowest BCUT2D eigenvalue weighted by molar-refractivity contribution is -0.131. The number of sulfonamides is 1. The van der Waals surface area contributed by atoms with Gasteiger partial charge in [0.25, 0.3) is 10.0 Å². The third-order valence-corrected chi connectivity index (χ3v) is 8.24. The number of amides is 1. The molecule has 194 valence electrons. The Morgan fingerprint density at radius 3 is 2.32 bits per heavy atom. The number of benzene rings is 3. The molecule has 1 saturated heterocycles. The molecule has 1 heterocycles. The summed E-state index contributed by atoms with van der Waals surface area (Å²) in [5.41, 5.74) is 1.48. The third-order valence-electron chi connectivity index (χ3n) is 6.22. The summed E-state index contributed by atoms with van der Waals surface area (Å²) in [5, 5.41) is 0.386. The van der Waals surface area contributed by atoms with Gasteiger partial charge in [0, 0.05) is 37.7 Å². The maximum atomic E-state index is 13.6. The molecule has 1 aliphatic rings. The fourth-order valence-electron chi connectivity index (χ4n) is 4.13. The van der Waals surface area contributed by atoms with Crippen molar-refractivity contribution >= 4 is 39.3 Å². The van der Waals surface area contributed by atoms with Crippen LogP contribution in [0.3, 0.4) is 0 Å². The molecule has 3 aromatic rings. The summed E-state index contributed by atoms with van der Waals surface area (Å²) in [5.74, 6) is 0.289. The summed E-state index contributed by atoms with van der Waals surface area (Å²) in [6.45, 7) is 2.97. The van der Waals surface area contributed by atoms with Gasteiger partial charge in [-0.1, -0.05) is 60.2 Å². The number of carbonyl (C=O) groups is 1. The first-order valence-corrected chi connectivity index (χ1v) is 13.8. The minimum Gasteiger partial charge on any atom is -0.497 e. The SMILES string of the molecule is COc1ccc(S(=O)(=O)N(CC(=O)N2CCN(C/C=C/c3ccccc3)CC2)c2cccc(Cl)c2)cc1. The lowest BCUT2D eigenvalue weighted by Crippen LogP contribution is -2.51. The number of anilines is 1. The second-order valence-electron chi connectivity index (χ2n) is 8.66. The van der Waals surface area contributed by atoms with E-state index in [0.29, 0.717) is 42.6 Å². The highest BCUT2D eigenvalue weighted by molar-refractivity contribution is 7.92. The highest BCUT2D eigenvalue weighted by Gasteiger charge is 2.30. The zero-order valence-corrected chi connectivity index (χ0v) is 22.2. The topological polar surface area (TPSA) is 70.2 Å². The van der Waals surface area contributed by atoms with Crippen LogP contribution in [-0.4, -0.2) is 70.5 Å². The maximum Gasteiger partial charge on any atom is 0.264 e. The Bertz CT molecular complexity index is 1320. The van der Waals surface area contributed by atoms with Crippen molar-refractivity contribution < 1.29 is 17.9 Å². The van der Waals surface area contributed by atoms with Crippen molar-refractivity contribution in [3.05, 3.63) is 95.5 Å². The Labute approximate surface area is 223 Å².